The van der Waals surface area contributed by atoms with Gasteiger partial charge >= 0.3 is 0 Å². The number of anilines is 1. The summed E-state index contributed by atoms with van der Waals surface area (Å²) in [6.45, 7) is 2.95. The van der Waals surface area contributed by atoms with Crippen LogP contribution in [-0.4, -0.2) is 7.05 Å². The number of hydrogen-bond acceptors (Lipinski definition) is 2. The SMILES string of the molecule is Cc1cccc(CN(C)c2ccc(C#N)c(Br)c2)c1. The van der Waals surface area contributed by atoms with Crippen LogP contribution >= 0.6 is 15.9 Å². The monoisotopic (exact) mass is 314 g/mol. The fourth-order valence-electron chi connectivity index (χ4n) is 2.01. The van der Waals surface area contributed by atoms with Gasteiger partial charge in [-0.3, -0.25) is 0 Å². The Kier molecular flexibility index (Phi) is 4.24. The Labute approximate surface area is 122 Å². The summed E-state index contributed by atoms with van der Waals surface area (Å²) in [7, 11) is 2.05. The zero-order valence-electron chi connectivity index (χ0n) is 11.0. The van der Waals surface area contributed by atoms with E-state index in [4.69, 9.17) is 5.26 Å². The summed E-state index contributed by atoms with van der Waals surface area (Å²) in [5.41, 5.74) is 4.30. The van der Waals surface area contributed by atoms with E-state index in [0.29, 0.717) is 5.56 Å². The van der Waals surface area contributed by atoms with Crippen molar-refractivity contribution in [1.29, 1.82) is 5.26 Å². The highest BCUT2D eigenvalue weighted by molar-refractivity contribution is 9.10. The van der Waals surface area contributed by atoms with Gasteiger partial charge in [-0.1, -0.05) is 29.8 Å². The van der Waals surface area contributed by atoms with Gasteiger partial charge in [-0.15, -0.1) is 0 Å². The first-order valence-electron chi connectivity index (χ1n) is 6.06. The molecule has 0 aliphatic rings. The first-order chi connectivity index (χ1) is 9.10. The molecule has 2 aromatic rings. The molecule has 19 heavy (non-hydrogen) atoms. The summed E-state index contributed by atoms with van der Waals surface area (Å²) < 4.78 is 0.837. The largest absolute Gasteiger partial charge is 0.370 e. The highest BCUT2D eigenvalue weighted by Gasteiger charge is 2.05. The van der Waals surface area contributed by atoms with Crippen LogP contribution in [0.15, 0.2) is 46.9 Å². The quantitative estimate of drug-likeness (QED) is 0.846. The lowest BCUT2D eigenvalue weighted by Gasteiger charge is -2.20. The topological polar surface area (TPSA) is 27.0 Å². The van der Waals surface area contributed by atoms with Crippen LogP contribution in [-0.2, 0) is 6.54 Å². The van der Waals surface area contributed by atoms with E-state index in [0.717, 1.165) is 16.7 Å². The summed E-state index contributed by atoms with van der Waals surface area (Å²) in [4.78, 5) is 2.17. The van der Waals surface area contributed by atoms with Crippen molar-refractivity contribution in [2.75, 3.05) is 11.9 Å². The van der Waals surface area contributed by atoms with Crippen molar-refractivity contribution in [3.8, 4) is 6.07 Å². The van der Waals surface area contributed by atoms with Crippen LogP contribution in [0.5, 0.6) is 0 Å². The zero-order chi connectivity index (χ0) is 13.8. The summed E-state index contributed by atoms with van der Waals surface area (Å²) in [5.74, 6) is 0. The fraction of sp³-hybridized carbons (Fsp3) is 0.188. The van der Waals surface area contributed by atoms with Crippen molar-refractivity contribution in [3.63, 3.8) is 0 Å². The Hall–Kier alpha value is -1.79. The molecule has 2 nitrogen and oxygen atoms in total. The molecule has 0 unspecified atom stereocenters. The minimum absolute atomic E-state index is 0.660. The second kappa shape index (κ2) is 5.90. The van der Waals surface area contributed by atoms with Gasteiger partial charge in [0.25, 0.3) is 0 Å². The average molecular weight is 315 g/mol. The second-order valence-electron chi connectivity index (χ2n) is 4.62. The summed E-state index contributed by atoms with van der Waals surface area (Å²) in [6, 6.07) is 16.4. The van der Waals surface area contributed by atoms with Crippen molar-refractivity contribution in [2.45, 2.75) is 13.5 Å². The number of halogens is 1. The number of benzene rings is 2. The van der Waals surface area contributed by atoms with E-state index in [1.807, 2.05) is 18.2 Å². The van der Waals surface area contributed by atoms with E-state index in [-0.39, 0.29) is 0 Å². The standard InChI is InChI=1S/C16H15BrN2/c1-12-4-3-5-13(8-12)11-19(2)15-7-6-14(10-18)16(17)9-15/h3-9H,11H2,1-2H3. The molecule has 0 heterocycles. The minimum atomic E-state index is 0.660. The molecule has 96 valence electrons. The Bertz CT molecular complexity index is 629. The van der Waals surface area contributed by atoms with Crippen LogP contribution in [0.4, 0.5) is 5.69 Å². The molecule has 0 aliphatic carbocycles. The van der Waals surface area contributed by atoms with Gasteiger partial charge in [0.05, 0.1) is 5.56 Å². The highest BCUT2D eigenvalue weighted by atomic mass is 79.9. The van der Waals surface area contributed by atoms with E-state index in [9.17, 15) is 0 Å². The van der Waals surface area contributed by atoms with Gasteiger partial charge in [0.2, 0.25) is 0 Å². The first kappa shape index (κ1) is 13.6. The summed E-state index contributed by atoms with van der Waals surface area (Å²) in [5, 5.41) is 8.92. The molecule has 0 aliphatic heterocycles. The molecule has 0 aromatic heterocycles. The van der Waals surface area contributed by atoms with E-state index in [2.05, 4.69) is 65.1 Å². The van der Waals surface area contributed by atoms with E-state index < -0.39 is 0 Å². The molecule has 0 bridgehead atoms. The third-order valence-electron chi connectivity index (χ3n) is 3.02. The predicted molar refractivity (Wildman–Crippen MR) is 82.1 cm³/mol. The molecule has 0 fully saturated rings. The average Bonchev–Trinajstić information content (AvgIpc) is 2.38. The van der Waals surface area contributed by atoms with Crippen LogP contribution in [0.1, 0.15) is 16.7 Å². The van der Waals surface area contributed by atoms with Crippen molar-refractivity contribution < 1.29 is 0 Å². The third-order valence-corrected chi connectivity index (χ3v) is 3.67. The second-order valence-corrected chi connectivity index (χ2v) is 5.48. The van der Waals surface area contributed by atoms with Crippen LogP contribution in [0.3, 0.4) is 0 Å². The molecule has 0 radical (unpaired) electrons. The van der Waals surface area contributed by atoms with Gasteiger partial charge in [-0.05, 0) is 46.6 Å². The third kappa shape index (κ3) is 3.36. The van der Waals surface area contributed by atoms with Crippen molar-refractivity contribution >= 4 is 21.6 Å². The molecule has 0 N–H and O–H groups in total. The maximum atomic E-state index is 8.92. The van der Waals surface area contributed by atoms with Gasteiger partial charge in [0, 0.05) is 23.8 Å². The molecule has 0 amide bonds. The van der Waals surface area contributed by atoms with Gasteiger partial charge in [-0.2, -0.15) is 5.26 Å². The highest BCUT2D eigenvalue weighted by Crippen LogP contribution is 2.24. The summed E-state index contributed by atoms with van der Waals surface area (Å²) >= 11 is 3.42. The first-order valence-corrected chi connectivity index (χ1v) is 6.86. The number of rotatable bonds is 3. The van der Waals surface area contributed by atoms with Gasteiger partial charge in [0.1, 0.15) is 6.07 Å². The van der Waals surface area contributed by atoms with E-state index in [1.54, 1.807) is 0 Å². The van der Waals surface area contributed by atoms with Crippen LogP contribution < -0.4 is 4.90 Å². The molecule has 3 heteroatoms. The van der Waals surface area contributed by atoms with Gasteiger partial charge in [0.15, 0.2) is 0 Å². The van der Waals surface area contributed by atoms with Gasteiger partial charge in [-0.25, -0.2) is 0 Å². The molecular weight excluding hydrogens is 300 g/mol. The van der Waals surface area contributed by atoms with E-state index in [1.165, 1.54) is 11.1 Å². The number of nitrogens with zero attached hydrogens (tertiary/aromatic N) is 2. The lowest BCUT2D eigenvalue weighted by Crippen LogP contribution is -2.16. The number of hydrogen-bond donors (Lipinski definition) is 0. The molecule has 0 saturated heterocycles. The normalized spacial score (nSPS) is 10.0. The zero-order valence-corrected chi connectivity index (χ0v) is 12.6. The van der Waals surface area contributed by atoms with E-state index >= 15 is 0 Å². The van der Waals surface area contributed by atoms with Gasteiger partial charge < -0.3 is 4.90 Å². The molecule has 2 aromatic carbocycles. The smallest absolute Gasteiger partial charge is 0.100 e. The molecular formula is C16H15BrN2. The molecule has 0 atom stereocenters. The number of nitriles is 1. The van der Waals surface area contributed by atoms with Crippen LogP contribution in [0.25, 0.3) is 0 Å². The summed E-state index contributed by atoms with van der Waals surface area (Å²) in [6.07, 6.45) is 0. The Morgan fingerprint density at radius 2 is 2.00 bits per heavy atom. The molecule has 2 rings (SSSR count). The van der Waals surface area contributed by atoms with Crippen molar-refractivity contribution in [1.82, 2.24) is 0 Å². The molecule has 0 saturated carbocycles. The Balaban J connectivity index is 2.18. The Morgan fingerprint density at radius 1 is 1.21 bits per heavy atom. The predicted octanol–water partition coefficient (Wildman–Crippen LogP) is 4.27. The maximum Gasteiger partial charge on any atom is 0.100 e. The number of aryl methyl sites for hydroxylation is 1. The van der Waals surface area contributed by atoms with Crippen molar-refractivity contribution in [3.05, 3.63) is 63.6 Å². The lowest BCUT2D eigenvalue weighted by atomic mass is 10.1. The molecule has 0 spiro atoms. The van der Waals surface area contributed by atoms with Crippen LogP contribution in [0, 0.1) is 18.3 Å². The maximum absolute atomic E-state index is 8.92. The fourth-order valence-corrected chi connectivity index (χ4v) is 2.46. The Morgan fingerprint density at radius 3 is 2.63 bits per heavy atom. The van der Waals surface area contributed by atoms with Crippen molar-refractivity contribution in [2.24, 2.45) is 0 Å². The lowest BCUT2D eigenvalue weighted by molar-refractivity contribution is 0.921. The van der Waals surface area contributed by atoms with Crippen LogP contribution in [0.2, 0.25) is 0 Å². The minimum Gasteiger partial charge on any atom is -0.370 e.